The van der Waals surface area contributed by atoms with E-state index in [2.05, 4.69) is 18.9 Å². The Morgan fingerprint density at radius 2 is 1.33 bits per heavy atom. The van der Waals surface area contributed by atoms with Crippen molar-refractivity contribution in [2.75, 3.05) is 38.9 Å². The van der Waals surface area contributed by atoms with Crippen molar-refractivity contribution in [3.05, 3.63) is 0 Å². The molecule has 0 radical (unpaired) electrons. The monoisotopic (exact) mass is 238 g/mol. The van der Waals surface area contributed by atoms with Gasteiger partial charge in [0.2, 0.25) is 0 Å². The molecule has 0 amide bonds. The van der Waals surface area contributed by atoms with Gasteiger partial charge in [0.1, 0.15) is 13.2 Å². The first-order chi connectivity index (χ1) is 7.20. The fourth-order valence-corrected chi connectivity index (χ4v) is 1.19. The van der Waals surface area contributed by atoms with Gasteiger partial charge in [0.15, 0.2) is 0 Å². The summed E-state index contributed by atoms with van der Waals surface area (Å²) in [6.45, 7) is 0.547. The largest absolute Gasteiger partial charge is 0.508 e. The van der Waals surface area contributed by atoms with Gasteiger partial charge in [-0.15, -0.1) is 0 Å². The first-order valence-electron chi connectivity index (χ1n) is 4.20. The van der Waals surface area contributed by atoms with E-state index in [1.807, 2.05) is 0 Å². The Labute approximate surface area is 92.2 Å². The van der Waals surface area contributed by atoms with Gasteiger partial charge in [0.25, 0.3) is 0 Å². The Kier molecular flexibility index (Phi) is 8.75. The number of hydrogen-bond acceptors (Lipinski definition) is 7. The van der Waals surface area contributed by atoms with Crippen molar-refractivity contribution in [2.45, 2.75) is 0 Å². The first-order valence-corrected chi connectivity index (χ1v) is 5.35. The van der Waals surface area contributed by atoms with Crippen LogP contribution >= 0.6 is 11.8 Å². The summed E-state index contributed by atoms with van der Waals surface area (Å²) in [5.74, 6) is 1.25. The van der Waals surface area contributed by atoms with E-state index >= 15 is 0 Å². The van der Waals surface area contributed by atoms with Gasteiger partial charge in [0.05, 0.1) is 14.2 Å². The SMILES string of the molecule is COC(=O)OCCSCCOC(=O)OC. The number of hydrogen-bond donors (Lipinski definition) is 0. The molecule has 0 aromatic heterocycles. The molecule has 0 fully saturated rings. The van der Waals surface area contributed by atoms with Crippen LogP contribution in [0.2, 0.25) is 0 Å². The summed E-state index contributed by atoms with van der Waals surface area (Å²) < 4.78 is 17.8. The van der Waals surface area contributed by atoms with Crippen LogP contribution in [0.5, 0.6) is 0 Å². The summed E-state index contributed by atoms with van der Waals surface area (Å²) in [6, 6.07) is 0. The highest BCUT2D eigenvalue weighted by Crippen LogP contribution is 2.00. The highest BCUT2D eigenvalue weighted by molar-refractivity contribution is 7.99. The third-order valence-corrected chi connectivity index (χ3v) is 2.14. The normalized spacial score (nSPS) is 9.20. The highest BCUT2D eigenvalue weighted by Gasteiger charge is 2.01. The molecule has 0 aromatic rings. The molecule has 0 N–H and O–H groups in total. The molecule has 0 aliphatic rings. The molecule has 0 aromatic carbocycles. The molecule has 0 aliphatic heterocycles. The smallest absolute Gasteiger partial charge is 0.438 e. The number of rotatable bonds is 6. The Bertz CT molecular complexity index is 176. The van der Waals surface area contributed by atoms with E-state index in [0.29, 0.717) is 11.5 Å². The molecule has 0 saturated heterocycles. The molecule has 7 heteroatoms. The minimum Gasteiger partial charge on any atom is -0.438 e. The maximum absolute atomic E-state index is 10.5. The second-order valence-electron chi connectivity index (χ2n) is 2.22. The molecular weight excluding hydrogens is 224 g/mol. The van der Waals surface area contributed by atoms with Crippen LogP contribution in [0.25, 0.3) is 0 Å². The lowest BCUT2D eigenvalue weighted by molar-refractivity contribution is 0.0779. The van der Waals surface area contributed by atoms with Crippen molar-refractivity contribution in [1.29, 1.82) is 0 Å². The molecule has 0 spiro atoms. The molecule has 0 aliphatic carbocycles. The lowest BCUT2D eigenvalue weighted by atomic mass is 10.8. The maximum atomic E-state index is 10.5. The standard InChI is InChI=1S/C8H14O6S/c1-11-7(9)13-3-5-15-6-4-14-8(10)12-2/h3-6H2,1-2H3. The maximum Gasteiger partial charge on any atom is 0.508 e. The zero-order valence-electron chi connectivity index (χ0n) is 8.69. The Balaban J connectivity index is 3.11. The fourth-order valence-electron chi connectivity index (χ4n) is 0.588. The van der Waals surface area contributed by atoms with E-state index in [1.165, 1.54) is 26.0 Å². The predicted molar refractivity (Wildman–Crippen MR) is 54.0 cm³/mol. The molecule has 0 heterocycles. The van der Waals surface area contributed by atoms with E-state index in [9.17, 15) is 9.59 Å². The second-order valence-corrected chi connectivity index (χ2v) is 3.44. The Hall–Kier alpha value is -1.11. The first kappa shape index (κ1) is 13.9. The van der Waals surface area contributed by atoms with Gasteiger partial charge in [-0.25, -0.2) is 9.59 Å². The molecule has 15 heavy (non-hydrogen) atoms. The predicted octanol–water partition coefficient (Wildman–Crippen LogP) is 1.29. The van der Waals surface area contributed by atoms with Crippen LogP contribution in [-0.4, -0.2) is 51.2 Å². The number of ether oxygens (including phenoxy) is 4. The van der Waals surface area contributed by atoms with Gasteiger partial charge in [0, 0.05) is 11.5 Å². The average molecular weight is 238 g/mol. The summed E-state index contributed by atoms with van der Waals surface area (Å²) in [4.78, 5) is 21.0. The van der Waals surface area contributed by atoms with Crippen molar-refractivity contribution in [3.63, 3.8) is 0 Å². The molecule has 0 rings (SSSR count). The van der Waals surface area contributed by atoms with Gasteiger partial charge < -0.3 is 18.9 Å². The van der Waals surface area contributed by atoms with Crippen LogP contribution in [0, 0.1) is 0 Å². The summed E-state index contributed by atoms with van der Waals surface area (Å²) in [6.07, 6.45) is -1.39. The molecule has 88 valence electrons. The van der Waals surface area contributed by atoms with Crippen LogP contribution in [-0.2, 0) is 18.9 Å². The van der Waals surface area contributed by atoms with Crippen LogP contribution in [0.15, 0.2) is 0 Å². The lowest BCUT2D eigenvalue weighted by Crippen LogP contribution is -2.09. The highest BCUT2D eigenvalue weighted by atomic mass is 32.2. The van der Waals surface area contributed by atoms with Gasteiger partial charge in [-0.1, -0.05) is 0 Å². The number of methoxy groups -OCH3 is 2. The molecule has 0 unspecified atom stereocenters. The van der Waals surface area contributed by atoms with Crippen molar-refractivity contribution < 1.29 is 28.5 Å². The van der Waals surface area contributed by atoms with Crippen molar-refractivity contribution in [2.24, 2.45) is 0 Å². The van der Waals surface area contributed by atoms with E-state index in [-0.39, 0.29) is 13.2 Å². The van der Waals surface area contributed by atoms with Gasteiger partial charge in [-0.05, 0) is 0 Å². The number of carbonyl (C=O) groups is 2. The average Bonchev–Trinajstić information content (AvgIpc) is 2.26. The van der Waals surface area contributed by atoms with E-state index < -0.39 is 12.3 Å². The van der Waals surface area contributed by atoms with Gasteiger partial charge in [-0.2, -0.15) is 11.8 Å². The summed E-state index contributed by atoms with van der Waals surface area (Å²) in [7, 11) is 2.50. The van der Waals surface area contributed by atoms with Crippen molar-refractivity contribution >= 4 is 24.1 Å². The third kappa shape index (κ3) is 9.20. The quantitative estimate of drug-likeness (QED) is 0.510. The third-order valence-electron chi connectivity index (χ3n) is 1.23. The van der Waals surface area contributed by atoms with Gasteiger partial charge >= 0.3 is 12.3 Å². The van der Waals surface area contributed by atoms with E-state index in [4.69, 9.17) is 0 Å². The van der Waals surface area contributed by atoms with Crippen LogP contribution < -0.4 is 0 Å². The zero-order valence-corrected chi connectivity index (χ0v) is 9.50. The van der Waals surface area contributed by atoms with Crippen LogP contribution in [0.1, 0.15) is 0 Å². The number of thioether (sulfide) groups is 1. The lowest BCUT2D eigenvalue weighted by Gasteiger charge is -2.03. The molecule has 6 nitrogen and oxygen atoms in total. The molecule has 0 saturated carbocycles. The van der Waals surface area contributed by atoms with Crippen molar-refractivity contribution in [1.82, 2.24) is 0 Å². The zero-order chi connectivity index (χ0) is 11.5. The summed E-state index contributed by atoms with van der Waals surface area (Å²) in [5, 5.41) is 0. The minimum absolute atomic E-state index is 0.273. The summed E-state index contributed by atoms with van der Waals surface area (Å²) in [5.41, 5.74) is 0. The Morgan fingerprint density at radius 3 is 1.67 bits per heavy atom. The number of carbonyl (C=O) groups excluding carboxylic acids is 2. The summed E-state index contributed by atoms with van der Waals surface area (Å²) >= 11 is 1.49. The topological polar surface area (TPSA) is 71.1 Å². The molecule has 0 bridgehead atoms. The minimum atomic E-state index is -0.693. The van der Waals surface area contributed by atoms with E-state index in [0.717, 1.165) is 0 Å². The molecular formula is C8H14O6S. The fraction of sp³-hybridized carbons (Fsp3) is 0.750. The van der Waals surface area contributed by atoms with Crippen LogP contribution in [0.3, 0.4) is 0 Å². The Morgan fingerprint density at radius 1 is 0.933 bits per heavy atom. The van der Waals surface area contributed by atoms with E-state index in [1.54, 1.807) is 0 Å². The van der Waals surface area contributed by atoms with Crippen LogP contribution in [0.4, 0.5) is 9.59 Å². The second kappa shape index (κ2) is 9.45. The van der Waals surface area contributed by atoms with Crippen molar-refractivity contribution in [3.8, 4) is 0 Å². The van der Waals surface area contributed by atoms with Gasteiger partial charge in [-0.3, -0.25) is 0 Å². The molecule has 0 atom stereocenters.